The van der Waals surface area contributed by atoms with Crippen molar-refractivity contribution >= 4 is 21.9 Å². The molecule has 0 aliphatic rings. The maximum Gasteiger partial charge on any atom is 0.146 e. The highest BCUT2D eigenvalue weighted by Gasteiger charge is 2.19. The molecule has 6 heteroatoms. The van der Waals surface area contributed by atoms with Crippen molar-refractivity contribution in [1.29, 1.82) is 0 Å². The average Bonchev–Trinajstić information content (AvgIpc) is 3.16. The van der Waals surface area contributed by atoms with Gasteiger partial charge in [0.05, 0.1) is 37.3 Å². The van der Waals surface area contributed by atoms with E-state index in [2.05, 4.69) is 51.4 Å². The zero-order valence-corrected chi connectivity index (χ0v) is 18.4. The lowest BCUT2D eigenvalue weighted by molar-refractivity contribution is 0.0925. The van der Waals surface area contributed by atoms with Crippen LogP contribution in [-0.4, -0.2) is 46.5 Å². The number of nitrogens with zero attached hydrogens (tertiary/aromatic N) is 3. The first-order chi connectivity index (χ1) is 14.7. The van der Waals surface area contributed by atoms with Crippen LogP contribution in [0.1, 0.15) is 0 Å². The molecular formula is C24H26N3O2S+. The minimum atomic E-state index is 0.366. The average molecular weight is 421 g/mol. The first-order valence-electron chi connectivity index (χ1n) is 9.83. The number of benzene rings is 2. The van der Waals surface area contributed by atoms with E-state index >= 15 is 0 Å². The number of hydrogen-bond donors (Lipinski definition) is 0. The van der Waals surface area contributed by atoms with Gasteiger partial charge in [-0.25, -0.2) is 9.97 Å². The van der Waals surface area contributed by atoms with Crippen LogP contribution < -0.4 is 4.74 Å². The van der Waals surface area contributed by atoms with Crippen molar-refractivity contribution in [3.8, 4) is 28.1 Å². The number of hydrogen-bond acceptors (Lipinski definition) is 4. The minimum absolute atomic E-state index is 0.366. The Balaban J connectivity index is 1.86. The molecule has 0 unspecified atom stereocenters. The summed E-state index contributed by atoms with van der Waals surface area (Å²) in [4.78, 5) is 9.26. The molecule has 0 radical (unpaired) electrons. The second kappa shape index (κ2) is 9.32. The first-order valence-corrected chi connectivity index (χ1v) is 12.0. The Labute approximate surface area is 180 Å². The molecule has 0 saturated heterocycles. The van der Waals surface area contributed by atoms with Crippen molar-refractivity contribution in [2.24, 2.45) is 0 Å². The zero-order chi connectivity index (χ0) is 20.9. The largest absolute Gasteiger partial charge is 0.496 e. The lowest BCUT2D eigenvalue weighted by Crippen LogP contribution is -2.11. The van der Waals surface area contributed by atoms with Gasteiger partial charge in [0.2, 0.25) is 0 Å². The van der Waals surface area contributed by atoms with Crippen LogP contribution in [0.3, 0.4) is 0 Å². The van der Waals surface area contributed by atoms with Crippen molar-refractivity contribution in [2.75, 3.05) is 32.0 Å². The van der Waals surface area contributed by atoms with Crippen LogP contribution in [0.2, 0.25) is 0 Å². The van der Waals surface area contributed by atoms with Crippen molar-refractivity contribution in [3.63, 3.8) is 0 Å². The highest BCUT2D eigenvalue weighted by Crippen LogP contribution is 2.39. The monoisotopic (exact) mass is 420 g/mol. The maximum absolute atomic E-state index is 5.97. The fraction of sp³-hybridized carbons (Fsp3) is 0.250. The summed E-state index contributed by atoms with van der Waals surface area (Å²) in [5.41, 5.74) is 4.87. The van der Waals surface area contributed by atoms with E-state index in [1.807, 2.05) is 36.4 Å². The van der Waals surface area contributed by atoms with Crippen molar-refractivity contribution in [2.45, 2.75) is 6.73 Å². The summed E-state index contributed by atoms with van der Waals surface area (Å²) >= 11 is 0. The van der Waals surface area contributed by atoms with Gasteiger partial charge < -0.3 is 14.0 Å². The molecule has 2 heterocycles. The van der Waals surface area contributed by atoms with Gasteiger partial charge in [0, 0.05) is 22.9 Å². The van der Waals surface area contributed by atoms with Gasteiger partial charge in [0.15, 0.2) is 0 Å². The molecule has 4 rings (SSSR count). The van der Waals surface area contributed by atoms with E-state index in [1.54, 1.807) is 13.4 Å². The molecular weight excluding hydrogens is 394 g/mol. The molecule has 5 nitrogen and oxygen atoms in total. The van der Waals surface area contributed by atoms with Gasteiger partial charge in [0.1, 0.15) is 30.2 Å². The van der Waals surface area contributed by atoms with Crippen LogP contribution in [0.25, 0.3) is 33.4 Å². The van der Waals surface area contributed by atoms with E-state index in [9.17, 15) is 0 Å². The summed E-state index contributed by atoms with van der Waals surface area (Å²) in [6.07, 6.45) is 8.19. The third kappa shape index (κ3) is 4.20. The summed E-state index contributed by atoms with van der Waals surface area (Å²) in [7, 11) is 2.06. The highest BCUT2D eigenvalue weighted by molar-refractivity contribution is 7.95. The molecule has 0 bridgehead atoms. The van der Waals surface area contributed by atoms with Gasteiger partial charge in [-0.1, -0.05) is 48.5 Å². The SMILES string of the molecule is COc1ccccc1-c1cn(COCC[S+](C)C)c2ncnc(-c3ccccc3)c12. The summed E-state index contributed by atoms with van der Waals surface area (Å²) in [5, 5.41) is 1.00. The third-order valence-electron chi connectivity index (χ3n) is 4.96. The van der Waals surface area contributed by atoms with Crippen molar-refractivity contribution < 1.29 is 9.47 Å². The molecule has 4 aromatic rings. The fourth-order valence-electron chi connectivity index (χ4n) is 3.50. The fourth-order valence-corrected chi connectivity index (χ4v) is 3.95. The molecule has 154 valence electrons. The number of para-hydroxylation sites is 1. The molecule has 0 amide bonds. The molecule has 0 spiro atoms. The standard InChI is InChI=1S/C24H26N3O2S/c1-28-21-12-8-7-11-19(21)20-15-27(17-29-13-14-30(2)3)24-22(20)23(25-16-26-24)18-9-5-4-6-10-18/h4-12,15-16H,13-14,17H2,1-3H3/q+1. The molecule has 0 N–H and O–H groups in total. The quantitative estimate of drug-likeness (QED) is 0.308. The molecule has 0 atom stereocenters. The van der Waals surface area contributed by atoms with E-state index in [0.29, 0.717) is 17.6 Å². The van der Waals surface area contributed by atoms with Crippen LogP contribution in [0.15, 0.2) is 67.1 Å². The summed E-state index contributed by atoms with van der Waals surface area (Å²) < 4.78 is 13.7. The van der Waals surface area contributed by atoms with Gasteiger partial charge in [0.25, 0.3) is 0 Å². The maximum atomic E-state index is 5.97. The molecule has 0 saturated carbocycles. The van der Waals surface area contributed by atoms with Crippen LogP contribution in [0.4, 0.5) is 0 Å². The minimum Gasteiger partial charge on any atom is -0.496 e. The second-order valence-corrected chi connectivity index (χ2v) is 9.61. The number of aromatic nitrogens is 3. The molecule has 2 aromatic carbocycles. The van der Waals surface area contributed by atoms with Crippen LogP contribution >= 0.6 is 0 Å². The van der Waals surface area contributed by atoms with E-state index in [-0.39, 0.29) is 0 Å². The summed E-state index contributed by atoms with van der Waals surface area (Å²) in [6, 6.07) is 18.3. The second-order valence-electron chi connectivity index (χ2n) is 7.23. The van der Waals surface area contributed by atoms with Crippen LogP contribution in [-0.2, 0) is 22.4 Å². The lowest BCUT2D eigenvalue weighted by Gasteiger charge is -2.09. The number of rotatable bonds is 8. The van der Waals surface area contributed by atoms with E-state index in [1.165, 1.54) is 0 Å². The molecule has 0 fully saturated rings. The van der Waals surface area contributed by atoms with E-state index in [4.69, 9.17) is 9.47 Å². The Morgan fingerprint density at radius 3 is 2.47 bits per heavy atom. The van der Waals surface area contributed by atoms with Crippen molar-refractivity contribution in [1.82, 2.24) is 14.5 Å². The highest BCUT2D eigenvalue weighted by atomic mass is 32.2. The van der Waals surface area contributed by atoms with Gasteiger partial charge >= 0.3 is 0 Å². The smallest absolute Gasteiger partial charge is 0.146 e. The lowest BCUT2D eigenvalue weighted by atomic mass is 10.0. The Kier molecular flexibility index (Phi) is 6.35. The van der Waals surface area contributed by atoms with Gasteiger partial charge in [-0.3, -0.25) is 0 Å². The molecule has 2 aromatic heterocycles. The Morgan fingerprint density at radius 2 is 1.70 bits per heavy atom. The number of fused-ring (bicyclic) bond motifs is 1. The Morgan fingerprint density at radius 1 is 0.933 bits per heavy atom. The predicted molar refractivity (Wildman–Crippen MR) is 125 cm³/mol. The summed E-state index contributed by atoms with van der Waals surface area (Å²) in [6.45, 7) is 1.19. The molecule has 30 heavy (non-hydrogen) atoms. The zero-order valence-electron chi connectivity index (χ0n) is 17.5. The number of ether oxygens (including phenoxy) is 2. The van der Waals surface area contributed by atoms with E-state index < -0.39 is 0 Å². The van der Waals surface area contributed by atoms with Crippen molar-refractivity contribution in [3.05, 3.63) is 67.1 Å². The topological polar surface area (TPSA) is 49.2 Å². The van der Waals surface area contributed by atoms with E-state index in [0.717, 1.165) is 51.5 Å². The normalized spacial score (nSPS) is 11.3. The predicted octanol–water partition coefficient (Wildman–Crippen LogP) is 4.63. The summed E-state index contributed by atoms with van der Waals surface area (Å²) in [5.74, 6) is 1.88. The third-order valence-corrected chi connectivity index (χ3v) is 5.95. The first kappa shape index (κ1) is 20.4. The van der Waals surface area contributed by atoms with Crippen LogP contribution in [0.5, 0.6) is 5.75 Å². The number of methoxy groups -OCH3 is 1. The van der Waals surface area contributed by atoms with Crippen LogP contribution in [0, 0.1) is 0 Å². The molecule has 0 aliphatic heterocycles. The van der Waals surface area contributed by atoms with Gasteiger partial charge in [-0.15, -0.1) is 0 Å². The Bertz CT molecular complexity index is 1130. The van der Waals surface area contributed by atoms with Gasteiger partial charge in [-0.2, -0.15) is 0 Å². The Hall–Kier alpha value is -2.83. The molecule has 0 aliphatic carbocycles. The van der Waals surface area contributed by atoms with Gasteiger partial charge in [-0.05, 0) is 17.0 Å².